The highest BCUT2D eigenvalue weighted by Gasteiger charge is 2.43. The van der Waals surface area contributed by atoms with Gasteiger partial charge in [-0.1, -0.05) is 0 Å². The summed E-state index contributed by atoms with van der Waals surface area (Å²) in [6.45, 7) is 3.10. The second-order valence-electron chi connectivity index (χ2n) is 6.20. The van der Waals surface area contributed by atoms with Crippen LogP contribution in [0, 0.1) is 0 Å². The Hall–Kier alpha value is -3.01. The Labute approximate surface area is 153 Å². The van der Waals surface area contributed by atoms with Crippen LogP contribution in [-0.4, -0.2) is 59.8 Å². The largest absolute Gasteiger partial charge is 0.586 e. The van der Waals surface area contributed by atoms with Gasteiger partial charge in [-0.3, -0.25) is 14.7 Å². The highest BCUT2D eigenvalue weighted by atomic mass is 19.3. The van der Waals surface area contributed by atoms with Crippen LogP contribution in [-0.2, 0) is 4.79 Å². The fourth-order valence-electron chi connectivity index (χ4n) is 3.02. The number of piperazine rings is 1. The maximum absolute atomic E-state index is 13.0. The van der Waals surface area contributed by atoms with Crippen molar-refractivity contribution in [1.29, 1.82) is 0 Å². The molecule has 4 rings (SSSR count). The molecule has 0 spiro atoms. The van der Waals surface area contributed by atoms with Gasteiger partial charge in [0.15, 0.2) is 11.5 Å². The monoisotopic (exact) mass is 377 g/mol. The van der Waals surface area contributed by atoms with E-state index in [-0.39, 0.29) is 24.0 Å². The zero-order valence-corrected chi connectivity index (χ0v) is 14.3. The molecule has 0 bridgehead atoms. The van der Waals surface area contributed by atoms with Crippen LogP contribution in [0.15, 0.2) is 36.8 Å². The molecule has 0 atom stereocenters. The van der Waals surface area contributed by atoms with Crippen molar-refractivity contribution in [2.75, 3.05) is 42.9 Å². The molecular weight excluding hydrogens is 360 g/mol. The maximum atomic E-state index is 13.0. The van der Waals surface area contributed by atoms with E-state index in [9.17, 15) is 13.6 Å². The average Bonchev–Trinajstić information content (AvgIpc) is 2.96. The number of carbonyl (C=O) groups is 1. The third-order valence-electron chi connectivity index (χ3n) is 4.30. The fraction of sp³-hybridized carbons (Fsp3) is 0.353. The standard InChI is InChI=1S/C17H17F2N5O3/c18-17(19)26-13-2-1-12(9-14(13)27-17)22-16(25)11-23-5-7-24(8-6-23)15-10-20-3-4-21-15/h1-4,9-10H,5-8,11H2,(H,22,25). The smallest absolute Gasteiger partial charge is 0.395 e. The van der Waals surface area contributed by atoms with Gasteiger partial charge < -0.3 is 19.7 Å². The van der Waals surface area contributed by atoms with Crippen molar-refractivity contribution in [1.82, 2.24) is 14.9 Å². The number of hydrogen-bond acceptors (Lipinski definition) is 7. The molecule has 1 aromatic heterocycles. The zero-order valence-electron chi connectivity index (χ0n) is 14.3. The van der Waals surface area contributed by atoms with E-state index >= 15 is 0 Å². The normalized spacial score (nSPS) is 18.4. The van der Waals surface area contributed by atoms with Gasteiger partial charge in [0.1, 0.15) is 5.82 Å². The Morgan fingerprint density at radius 2 is 1.93 bits per heavy atom. The minimum atomic E-state index is -3.67. The van der Waals surface area contributed by atoms with Crippen LogP contribution in [0.3, 0.4) is 0 Å². The fourth-order valence-corrected chi connectivity index (χ4v) is 3.02. The van der Waals surface area contributed by atoms with Crippen LogP contribution >= 0.6 is 0 Å². The molecule has 27 heavy (non-hydrogen) atoms. The number of nitrogens with one attached hydrogen (secondary N) is 1. The van der Waals surface area contributed by atoms with Gasteiger partial charge in [-0.25, -0.2) is 4.98 Å². The van der Waals surface area contributed by atoms with Crippen LogP contribution in [0.2, 0.25) is 0 Å². The number of ether oxygens (including phenoxy) is 2. The van der Waals surface area contributed by atoms with Gasteiger partial charge >= 0.3 is 6.29 Å². The van der Waals surface area contributed by atoms with Crippen molar-refractivity contribution in [3.05, 3.63) is 36.8 Å². The zero-order chi connectivity index (χ0) is 18.9. The maximum Gasteiger partial charge on any atom is 0.586 e. The lowest BCUT2D eigenvalue weighted by Gasteiger charge is -2.34. The van der Waals surface area contributed by atoms with E-state index in [0.29, 0.717) is 18.8 Å². The molecule has 10 heteroatoms. The molecule has 3 heterocycles. The number of aromatic nitrogens is 2. The lowest BCUT2D eigenvalue weighted by atomic mass is 10.2. The van der Waals surface area contributed by atoms with Crippen molar-refractivity contribution in [3.8, 4) is 11.5 Å². The molecule has 0 unspecified atom stereocenters. The lowest BCUT2D eigenvalue weighted by molar-refractivity contribution is -0.286. The molecule has 2 aromatic rings. The van der Waals surface area contributed by atoms with Crippen molar-refractivity contribution in [3.63, 3.8) is 0 Å². The molecular formula is C17H17F2N5O3. The van der Waals surface area contributed by atoms with Gasteiger partial charge in [-0.2, -0.15) is 0 Å². The molecule has 2 aliphatic heterocycles. The molecule has 0 radical (unpaired) electrons. The molecule has 1 aromatic carbocycles. The summed E-state index contributed by atoms with van der Waals surface area (Å²) in [4.78, 5) is 24.7. The summed E-state index contributed by atoms with van der Waals surface area (Å²) < 4.78 is 34.8. The molecule has 0 saturated carbocycles. The minimum absolute atomic E-state index is 0.0573. The van der Waals surface area contributed by atoms with E-state index in [1.165, 1.54) is 18.2 Å². The summed E-state index contributed by atoms with van der Waals surface area (Å²) in [6, 6.07) is 4.15. The number of rotatable bonds is 4. The predicted molar refractivity (Wildman–Crippen MR) is 92.0 cm³/mol. The van der Waals surface area contributed by atoms with Crippen LogP contribution < -0.4 is 19.7 Å². The Kier molecular flexibility index (Phi) is 4.48. The van der Waals surface area contributed by atoms with Gasteiger partial charge in [0.2, 0.25) is 5.91 Å². The first-order valence-electron chi connectivity index (χ1n) is 8.42. The van der Waals surface area contributed by atoms with Crippen LogP contribution in [0.1, 0.15) is 0 Å². The highest BCUT2D eigenvalue weighted by molar-refractivity contribution is 5.92. The molecule has 1 N–H and O–H groups in total. The quantitative estimate of drug-likeness (QED) is 0.866. The van der Waals surface area contributed by atoms with Crippen molar-refractivity contribution >= 4 is 17.4 Å². The molecule has 1 saturated heterocycles. The second kappa shape index (κ2) is 6.95. The summed E-state index contributed by atoms with van der Waals surface area (Å²) >= 11 is 0. The van der Waals surface area contributed by atoms with Gasteiger partial charge in [0.25, 0.3) is 0 Å². The second-order valence-corrected chi connectivity index (χ2v) is 6.20. The summed E-state index contributed by atoms with van der Waals surface area (Å²) in [5.41, 5.74) is 0.373. The number of hydrogen-bond donors (Lipinski definition) is 1. The molecule has 142 valence electrons. The third-order valence-corrected chi connectivity index (χ3v) is 4.30. The number of benzene rings is 1. The number of fused-ring (bicyclic) bond motifs is 1. The SMILES string of the molecule is O=C(CN1CCN(c2cnccn2)CC1)Nc1ccc2c(c1)OC(F)(F)O2. The Bertz CT molecular complexity index is 829. The molecule has 8 nitrogen and oxygen atoms in total. The number of halogens is 2. The molecule has 0 aliphatic carbocycles. The number of amides is 1. The molecule has 1 amide bonds. The Balaban J connectivity index is 1.28. The summed E-state index contributed by atoms with van der Waals surface area (Å²) in [6.07, 6.45) is 1.32. The first kappa shape index (κ1) is 17.4. The first-order chi connectivity index (χ1) is 13.0. The molecule has 2 aliphatic rings. The summed E-state index contributed by atoms with van der Waals surface area (Å²) in [7, 11) is 0. The van der Waals surface area contributed by atoms with Gasteiger partial charge in [-0.05, 0) is 12.1 Å². The van der Waals surface area contributed by atoms with E-state index in [1.54, 1.807) is 18.6 Å². The highest BCUT2D eigenvalue weighted by Crippen LogP contribution is 2.42. The third kappa shape index (κ3) is 4.05. The van der Waals surface area contributed by atoms with E-state index in [4.69, 9.17) is 0 Å². The van der Waals surface area contributed by atoms with Crippen molar-refractivity contribution in [2.45, 2.75) is 6.29 Å². The van der Waals surface area contributed by atoms with Crippen LogP contribution in [0.25, 0.3) is 0 Å². The minimum Gasteiger partial charge on any atom is -0.395 e. The molecule has 1 fully saturated rings. The number of nitrogens with zero attached hydrogens (tertiary/aromatic N) is 4. The van der Waals surface area contributed by atoms with Crippen LogP contribution in [0.4, 0.5) is 20.3 Å². The first-order valence-corrected chi connectivity index (χ1v) is 8.42. The summed E-state index contributed by atoms with van der Waals surface area (Å²) in [5, 5.41) is 2.69. The number of carbonyl (C=O) groups excluding carboxylic acids is 1. The summed E-state index contributed by atoms with van der Waals surface area (Å²) in [5.74, 6) is 0.431. The number of anilines is 2. The average molecular weight is 377 g/mol. The van der Waals surface area contributed by atoms with Gasteiger partial charge in [0, 0.05) is 50.3 Å². The van der Waals surface area contributed by atoms with Gasteiger partial charge in [0.05, 0.1) is 12.7 Å². The van der Waals surface area contributed by atoms with E-state index in [0.717, 1.165) is 18.9 Å². The Morgan fingerprint density at radius 3 is 2.67 bits per heavy atom. The van der Waals surface area contributed by atoms with Crippen molar-refractivity contribution < 1.29 is 23.0 Å². The lowest BCUT2D eigenvalue weighted by Crippen LogP contribution is -2.48. The number of alkyl halides is 2. The topological polar surface area (TPSA) is 79.8 Å². The van der Waals surface area contributed by atoms with Crippen LogP contribution in [0.5, 0.6) is 11.5 Å². The van der Waals surface area contributed by atoms with E-state index in [2.05, 4.69) is 29.7 Å². The van der Waals surface area contributed by atoms with E-state index < -0.39 is 6.29 Å². The van der Waals surface area contributed by atoms with E-state index in [1.807, 2.05) is 4.90 Å². The van der Waals surface area contributed by atoms with Gasteiger partial charge in [-0.15, -0.1) is 8.78 Å². The predicted octanol–water partition coefficient (Wildman–Crippen LogP) is 1.56. The van der Waals surface area contributed by atoms with Crippen molar-refractivity contribution in [2.24, 2.45) is 0 Å². The Morgan fingerprint density at radius 1 is 1.15 bits per heavy atom.